The lowest BCUT2D eigenvalue weighted by Gasteiger charge is -2.05. The summed E-state index contributed by atoms with van der Waals surface area (Å²) in [5, 5.41) is 12.3. The quantitative estimate of drug-likeness (QED) is 0.752. The summed E-state index contributed by atoms with van der Waals surface area (Å²) in [5.74, 6) is 0.0470. The van der Waals surface area contributed by atoms with Crippen molar-refractivity contribution in [1.29, 1.82) is 5.26 Å². The van der Waals surface area contributed by atoms with Crippen LogP contribution in [0.5, 0.6) is 0 Å². The molecule has 108 valence electrons. The fraction of sp³-hybridized carbons (Fsp3) is 0.133. The third-order valence-electron chi connectivity index (χ3n) is 3.45. The fourth-order valence-electron chi connectivity index (χ4n) is 2.16. The molecule has 0 unspecified atom stereocenters. The Morgan fingerprint density at radius 3 is 2.77 bits per heavy atom. The number of aromatic nitrogens is 4. The molecule has 0 aromatic carbocycles. The van der Waals surface area contributed by atoms with Crippen LogP contribution in [0.1, 0.15) is 27.3 Å². The summed E-state index contributed by atoms with van der Waals surface area (Å²) >= 11 is 0. The number of amides is 1. The second-order valence-electron chi connectivity index (χ2n) is 4.82. The number of nitrogens with one attached hydrogen (secondary N) is 2. The van der Waals surface area contributed by atoms with Crippen molar-refractivity contribution < 1.29 is 4.79 Å². The Labute approximate surface area is 126 Å². The number of anilines is 1. The average Bonchev–Trinajstić information content (AvgIpc) is 2.83. The number of carbonyl (C=O) groups excluding carboxylic acids is 1. The third-order valence-corrected chi connectivity index (χ3v) is 3.45. The van der Waals surface area contributed by atoms with E-state index < -0.39 is 0 Å². The summed E-state index contributed by atoms with van der Waals surface area (Å²) in [6, 6.07) is 5.00. The second kappa shape index (κ2) is 5.26. The molecule has 0 spiro atoms. The lowest BCUT2D eigenvalue weighted by Crippen LogP contribution is -2.15. The van der Waals surface area contributed by atoms with Crippen LogP contribution in [0.25, 0.3) is 11.0 Å². The molecule has 0 radical (unpaired) electrons. The Hall–Kier alpha value is -3.27. The van der Waals surface area contributed by atoms with Gasteiger partial charge in [-0.05, 0) is 31.5 Å². The molecule has 0 atom stereocenters. The van der Waals surface area contributed by atoms with E-state index in [2.05, 4.69) is 25.3 Å². The summed E-state index contributed by atoms with van der Waals surface area (Å²) in [7, 11) is 0. The summed E-state index contributed by atoms with van der Waals surface area (Å²) in [6.45, 7) is 3.87. The number of pyridine rings is 1. The van der Waals surface area contributed by atoms with E-state index in [4.69, 9.17) is 5.26 Å². The van der Waals surface area contributed by atoms with E-state index in [0.29, 0.717) is 17.0 Å². The minimum Gasteiger partial charge on any atom is -0.343 e. The molecule has 0 fully saturated rings. The summed E-state index contributed by atoms with van der Waals surface area (Å²) < 4.78 is 0. The summed E-state index contributed by atoms with van der Waals surface area (Å²) in [5.41, 5.74) is 3.25. The molecule has 3 aromatic heterocycles. The molecule has 22 heavy (non-hydrogen) atoms. The first-order valence-corrected chi connectivity index (χ1v) is 6.57. The first kappa shape index (κ1) is 13.7. The number of carbonyl (C=O) groups is 1. The second-order valence-corrected chi connectivity index (χ2v) is 4.82. The van der Waals surface area contributed by atoms with Crippen molar-refractivity contribution in [3.05, 3.63) is 47.2 Å². The van der Waals surface area contributed by atoms with Crippen molar-refractivity contribution in [2.45, 2.75) is 13.8 Å². The molecule has 0 saturated carbocycles. The van der Waals surface area contributed by atoms with E-state index >= 15 is 0 Å². The van der Waals surface area contributed by atoms with Crippen LogP contribution in [0.15, 0.2) is 24.7 Å². The number of aromatic amines is 1. The van der Waals surface area contributed by atoms with Crippen LogP contribution in [0.4, 0.5) is 5.82 Å². The predicted octanol–water partition coefficient (Wildman–Crippen LogP) is 2.09. The fourth-order valence-corrected chi connectivity index (χ4v) is 2.16. The number of hydrogen-bond donors (Lipinski definition) is 2. The van der Waals surface area contributed by atoms with Crippen molar-refractivity contribution in [1.82, 2.24) is 19.9 Å². The van der Waals surface area contributed by atoms with Crippen LogP contribution in [0.3, 0.4) is 0 Å². The van der Waals surface area contributed by atoms with Gasteiger partial charge in [0, 0.05) is 11.9 Å². The van der Waals surface area contributed by atoms with Gasteiger partial charge in [0.05, 0.1) is 10.9 Å². The zero-order valence-electron chi connectivity index (χ0n) is 12.0. The van der Waals surface area contributed by atoms with Gasteiger partial charge in [0.1, 0.15) is 29.6 Å². The van der Waals surface area contributed by atoms with Gasteiger partial charge in [-0.2, -0.15) is 5.26 Å². The highest BCUT2D eigenvalue weighted by Gasteiger charge is 2.15. The van der Waals surface area contributed by atoms with Crippen molar-refractivity contribution in [3.63, 3.8) is 0 Å². The molecule has 1 amide bonds. The maximum absolute atomic E-state index is 12.2. The monoisotopic (exact) mass is 292 g/mol. The van der Waals surface area contributed by atoms with E-state index in [9.17, 15) is 4.79 Å². The van der Waals surface area contributed by atoms with Gasteiger partial charge in [-0.15, -0.1) is 0 Å². The number of fused-ring (bicyclic) bond motifs is 1. The molecule has 3 heterocycles. The Bertz CT molecular complexity index is 904. The minimum atomic E-state index is -0.386. The van der Waals surface area contributed by atoms with Crippen LogP contribution in [-0.2, 0) is 0 Å². The van der Waals surface area contributed by atoms with Crippen molar-refractivity contribution >= 4 is 22.8 Å². The van der Waals surface area contributed by atoms with E-state index in [-0.39, 0.29) is 11.6 Å². The molecular formula is C15H12N6O. The first-order chi connectivity index (χ1) is 10.6. The van der Waals surface area contributed by atoms with Crippen LogP contribution < -0.4 is 5.32 Å². The molecule has 0 saturated heterocycles. The topological polar surface area (TPSA) is 107 Å². The molecule has 3 rings (SSSR count). The lowest BCUT2D eigenvalue weighted by molar-refractivity contribution is 0.102. The van der Waals surface area contributed by atoms with Crippen LogP contribution >= 0.6 is 0 Å². The molecule has 3 aromatic rings. The Kier molecular flexibility index (Phi) is 3.27. The van der Waals surface area contributed by atoms with E-state index in [1.807, 2.05) is 19.9 Å². The van der Waals surface area contributed by atoms with E-state index in [1.165, 1.54) is 18.6 Å². The Morgan fingerprint density at radius 1 is 1.27 bits per heavy atom. The predicted molar refractivity (Wildman–Crippen MR) is 80.3 cm³/mol. The molecule has 0 bridgehead atoms. The normalized spacial score (nSPS) is 10.4. The zero-order chi connectivity index (χ0) is 15.7. The zero-order valence-corrected chi connectivity index (χ0v) is 12.0. The van der Waals surface area contributed by atoms with Gasteiger partial charge in [0.25, 0.3) is 5.91 Å². The lowest BCUT2D eigenvalue weighted by atomic mass is 10.2. The molecule has 2 N–H and O–H groups in total. The van der Waals surface area contributed by atoms with Gasteiger partial charge in [-0.3, -0.25) is 4.79 Å². The van der Waals surface area contributed by atoms with Gasteiger partial charge in [0.2, 0.25) is 0 Å². The first-order valence-electron chi connectivity index (χ1n) is 6.57. The minimum absolute atomic E-state index is 0.218. The number of aryl methyl sites for hydroxylation is 2. The molecule has 7 heteroatoms. The highest BCUT2D eigenvalue weighted by Crippen LogP contribution is 2.25. The number of hydrogen-bond acceptors (Lipinski definition) is 5. The standard InChI is InChI=1S/C15H12N6O/c1-8-9(2)20-13-12(8)14(19-7-18-13)21-15(22)11-4-3-10(5-16)6-17-11/h3-4,6-7H,1-2H3,(H2,18,19,20,21,22). The molecule has 0 aliphatic carbocycles. The van der Waals surface area contributed by atoms with Gasteiger partial charge < -0.3 is 10.3 Å². The SMILES string of the molecule is Cc1[nH]c2ncnc(NC(=O)c3ccc(C#N)cn3)c2c1C. The molecule has 0 aliphatic heterocycles. The van der Waals surface area contributed by atoms with E-state index in [1.54, 1.807) is 6.07 Å². The van der Waals surface area contributed by atoms with Gasteiger partial charge in [0.15, 0.2) is 0 Å². The highest BCUT2D eigenvalue weighted by atomic mass is 16.1. The van der Waals surface area contributed by atoms with Crippen molar-refractivity contribution in [3.8, 4) is 6.07 Å². The van der Waals surface area contributed by atoms with Crippen LogP contribution in [0.2, 0.25) is 0 Å². The maximum Gasteiger partial charge on any atom is 0.275 e. The Balaban J connectivity index is 1.95. The summed E-state index contributed by atoms with van der Waals surface area (Å²) in [6.07, 6.45) is 2.75. The number of nitriles is 1. The van der Waals surface area contributed by atoms with Crippen molar-refractivity contribution in [2.24, 2.45) is 0 Å². The molecule has 7 nitrogen and oxygen atoms in total. The number of nitrogens with zero attached hydrogens (tertiary/aromatic N) is 4. The smallest absolute Gasteiger partial charge is 0.275 e. The molecule has 0 aliphatic rings. The maximum atomic E-state index is 12.2. The van der Waals surface area contributed by atoms with Gasteiger partial charge in [-0.25, -0.2) is 15.0 Å². The van der Waals surface area contributed by atoms with Crippen molar-refractivity contribution in [2.75, 3.05) is 5.32 Å². The largest absolute Gasteiger partial charge is 0.343 e. The highest BCUT2D eigenvalue weighted by molar-refractivity contribution is 6.07. The number of rotatable bonds is 2. The van der Waals surface area contributed by atoms with Gasteiger partial charge >= 0.3 is 0 Å². The summed E-state index contributed by atoms with van der Waals surface area (Å²) in [4.78, 5) is 27.7. The third kappa shape index (κ3) is 2.27. The number of H-pyrrole nitrogens is 1. The van der Waals surface area contributed by atoms with Crippen LogP contribution in [-0.4, -0.2) is 25.8 Å². The van der Waals surface area contributed by atoms with Crippen LogP contribution in [0, 0.1) is 25.2 Å². The average molecular weight is 292 g/mol. The van der Waals surface area contributed by atoms with Gasteiger partial charge in [-0.1, -0.05) is 0 Å². The molecular weight excluding hydrogens is 280 g/mol. The van der Waals surface area contributed by atoms with E-state index in [0.717, 1.165) is 16.6 Å². The Morgan fingerprint density at radius 2 is 2.09 bits per heavy atom.